The van der Waals surface area contributed by atoms with Crippen molar-refractivity contribution in [1.29, 1.82) is 0 Å². The number of hydrogen-bond acceptors (Lipinski definition) is 3. The van der Waals surface area contributed by atoms with Gasteiger partial charge >= 0.3 is 0 Å². The Labute approximate surface area is 119 Å². The van der Waals surface area contributed by atoms with Crippen molar-refractivity contribution < 1.29 is 4.79 Å². The molecule has 0 bridgehead atoms. The molecule has 1 saturated carbocycles. The fourth-order valence-electron chi connectivity index (χ4n) is 3.32. The molecule has 0 radical (unpaired) electrons. The lowest BCUT2D eigenvalue weighted by Gasteiger charge is -2.33. The van der Waals surface area contributed by atoms with E-state index in [2.05, 4.69) is 21.9 Å². The highest BCUT2D eigenvalue weighted by molar-refractivity contribution is 5.83. The summed E-state index contributed by atoms with van der Waals surface area (Å²) in [6.07, 6.45) is 8.93. The largest absolute Gasteiger partial charge is 0.347 e. The molecule has 3 rings (SSSR count). The summed E-state index contributed by atoms with van der Waals surface area (Å²) < 4.78 is 0. The summed E-state index contributed by atoms with van der Waals surface area (Å²) in [5.41, 5.74) is 2.12. The van der Waals surface area contributed by atoms with Crippen LogP contribution in [0.15, 0.2) is 19.0 Å². The average molecular weight is 274 g/mol. The maximum atomic E-state index is 12.8. The van der Waals surface area contributed by atoms with E-state index in [1.54, 1.807) is 6.33 Å². The summed E-state index contributed by atoms with van der Waals surface area (Å²) >= 11 is 0. The molecule has 2 N–H and O–H groups in total. The van der Waals surface area contributed by atoms with Gasteiger partial charge in [-0.3, -0.25) is 10.1 Å². The fourth-order valence-corrected chi connectivity index (χ4v) is 3.32. The predicted octanol–water partition coefficient (Wildman–Crippen LogP) is 1.38. The van der Waals surface area contributed by atoms with Gasteiger partial charge in [0, 0.05) is 25.6 Å². The van der Waals surface area contributed by atoms with Gasteiger partial charge in [-0.2, -0.15) is 0 Å². The van der Waals surface area contributed by atoms with Crippen molar-refractivity contribution >= 4 is 5.91 Å². The minimum Gasteiger partial charge on any atom is -0.347 e. The zero-order chi connectivity index (χ0) is 13.9. The first-order valence-corrected chi connectivity index (χ1v) is 7.45. The minimum atomic E-state index is -0.147. The standard InChI is InChI=1S/C15H22N4O/c1-2-7-19(11-5-3-4-6-11)15(20)13-8-12-14(9-16-13)18-10-17-12/h2,10-11,13,16H,1,3-9H2,(H,17,18). The summed E-state index contributed by atoms with van der Waals surface area (Å²) in [5.74, 6) is 0.199. The summed E-state index contributed by atoms with van der Waals surface area (Å²) in [6.45, 7) is 5.14. The highest BCUT2D eigenvalue weighted by Gasteiger charge is 2.33. The molecular weight excluding hydrogens is 252 g/mol. The Kier molecular flexibility index (Phi) is 3.87. The molecule has 20 heavy (non-hydrogen) atoms. The summed E-state index contributed by atoms with van der Waals surface area (Å²) in [4.78, 5) is 22.2. The molecule has 1 aliphatic heterocycles. The molecule has 0 aromatic carbocycles. The number of amides is 1. The SMILES string of the molecule is C=CCN(C(=O)C1Cc2nc[nH]c2CN1)C1CCCC1. The third kappa shape index (κ3) is 2.50. The first-order chi connectivity index (χ1) is 9.79. The van der Waals surface area contributed by atoms with Crippen LogP contribution in [0.2, 0.25) is 0 Å². The van der Waals surface area contributed by atoms with E-state index in [4.69, 9.17) is 0 Å². The molecule has 1 aliphatic carbocycles. The molecule has 1 aromatic heterocycles. The molecule has 0 spiro atoms. The van der Waals surface area contributed by atoms with Gasteiger partial charge in [0.05, 0.1) is 23.8 Å². The molecule has 1 fully saturated rings. The molecule has 1 unspecified atom stereocenters. The third-order valence-corrected chi connectivity index (χ3v) is 4.40. The molecule has 5 heteroatoms. The number of carbonyl (C=O) groups excluding carboxylic acids is 1. The number of nitrogens with one attached hydrogen (secondary N) is 2. The van der Waals surface area contributed by atoms with Crippen LogP contribution in [0.1, 0.15) is 37.1 Å². The first kappa shape index (κ1) is 13.4. The first-order valence-electron chi connectivity index (χ1n) is 7.45. The number of aromatic nitrogens is 2. The van der Waals surface area contributed by atoms with Gasteiger partial charge in [0.25, 0.3) is 0 Å². The van der Waals surface area contributed by atoms with Crippen LogP contribution in [0, 0.1) is 0 Å². The van der Waals surface area contributed by atoms with Gasteiger partial charge in [0.1, 0.15) is 0 Å². The monoisotopic (exact) mass is 274 g/mol. The Morgan fingerprint density at radius 2 is 2.30 bits per heavy atom. The topological polar surface area (TPSA) is 61.0 Å². The van der Waals surface area contributed by atoms with Gasteiger partial charge in [0.15, 0.2) is 0 Å². The molecule has 2 aliphatic rings. The number of fused-ring (bicyclic) bond motifs is 1. The average Bonchev–Trinajstić information content (AvgIpc) is 3.13. The molecule has 1 atom stereocenters. The van der Waals surface area contributed by atoms with Crippen LogP contribution in [0.4, 0.5) is 0 Å². The Morgan fingerprint density at radius 1 is 1.50 bits per heavy atom. The quantitative estimate of drug-likeness (QED) is 0.816. The fraction of sp³-hybridized carbons (Fsp3) is 0.600. The van der Waals surface area contributed by atoms with Gasteiger partial charge in [-0.25, -0.2) is 4.98 Å². The Balaban J connectivity index is 1.71. The second-order valence-electron chi connectivity index (χ2n) is 5.68. The Morgan fingerprint density at radius 3 is 3.05 bits per heavy atom. The summed E-state index contributed by atoms with van der Waals surface area (Å²) in [7, 11) is 0. The van der Waals surface area contributed by atoms with Crippen LogP contribution in [-0.4, -0.2) is 39.4 Å². The molecular formula is C15H22N4O. The van der Waals surface area contributed by atoms with E-state index in [0.717, 1.165) is 24.2 Å². The molecule has 0 saturated heterocycles. The number of rotatable bonds is 4. The zero-order valence-electron chi connectivity index (χ0n) is 11.8. The second-order valence-corrected chi connectivity index (χ2v) is 5.68. The van der Waals surface area contributed by atoms with E-state index >= 15 is 0 Å². The summed E-state index contributed by atoms with van der Waals surface area (Å²) in [6, 6.07) is 0.245. The number of nitrogens with zero attached hydrogens (tertiary/aromatic N) is 2. The van der Waals surface area contributed by atoms with Crippen molar-refractivity contribution in [3.05, 3.63) is 30.4 Å². The number of carbonyl (C=O) groups is 1. The Hall–Kier alpha value is -1.62. The second kappa shape index (κ2) is 5.79. The van der Waals surface area contributed by atoms with E-state index < -0.39 is 0 Å². The summed E-state index contributed by atoms with van der Waals surface area (Å²) in [5, 5.41) is 3.33. The van der Waals surface area contributed by atoms with E-state index in [-0.39, 0.29) is 11.9 Å². The van der Waals surface area contributed by atoms with Crippen molar-refractivity contribution in [2.24, 2.45) is 0 Å². The van der Waals surface area contributed by atoms with E-state index in [1.165, 1.54) is 12.8 Å². The van der Waals surface area contributed by atoms with Gasteiger partial charge in [-0.05, 0) is 12.8 Å². The third-order valence-electron chi connectivity index (χ3n) is 4.40. The maximum Gasteiger partial charge on any atom is 0.240 e. The van der Waals surface area contributed by atoms with Gasteiger partial charge in [0.2, 0.25) is 5.91 Å². The highest BCUT2D eigenvalue weighted by Crippen LogP contribution is 2.25. The zero-order valence-corrected chi connectivity index (χ0v) is 11.8. The van der Waals surface area contributed by atoms with E-state index in [9.17, 15) is 4.79 Å². The van der Waals surface area contributed by atoms with Crippen molar-refractivity contribution in [3.63, 3.8) is 0 Å². The Bertz CT molecular complexity index is 490. The normalized spacial score (nSPS) is 22.5. The number of hydrogen-bond donors (Lipinski definition) is 2. The molecule has 5 nitrogen and oxygen atoms in total. The van der Waals surface area contributed by atoms with Crippen molar-refractivity contribution in [3.8, 4) is 0 Å². The van der Waals surface area contributed by atoms with Crippen LogP contribution in [-0.2, 0) is 17.8 Å². The van der Waals surface area contributed by atoms with Crippen molar-refractivity contribution in [2.75, 3.05) is 6.54 Å². The van der Waals surface area contributed by atoms with Gasteiger partial charge < -0.3 is 9.88 Å². The lowest BCUT2D eigenvalue weighted by atomic mass is 10.0. The lowest BCUT2D eigenvalue weighted by molar-refractivity contribution is -0.135. The van der Waals surface area contributed by atoms with Crippen LogP contribution in [0.3, 0.4) is 0 Å². The number of aromatic amines is 1. The van der Waals surface area contributed by atoms with Gasteiger partial charge in [-0.15, -0.1) is 6.58 Å². The predicted molar refractivity (Wildman–Crippen MR) is 77.1 cm³/mol. The maximum absolute atomic E-state index is 12.8. The molecule has 1 amide bonds. The van der Waals surface area contributed by atoms with E-state index in [0.29, 0.717) is 25.6 Å². The van der Waals surface area contributed by atoms with Crippen molar-refractivity contribution in [1.82, 2.24) is 20.2 Å². The van der Waals surface area contributed by atoms with Crippen LogP contribution < -0.4 is 5.32 Å². The minimum absolute atomic E-state index is 0.147. The molecule has 108 valence electrons. The molecule has 2 heterocycles. The lowest BCUT2D eigenvalue weighted by Crippen LogP contribution is -2.52. The number of H-pyrrole nitrogens is 1. The van der Waals surface area contributed by atoms with Gasteiger partial charge in [-0.1, -0.05) is 18.9 Å². The smallest absolute Gasteiger partial charge is 0.240 e. The van der Waals surface area contributed by atoms with Crippen LogP contribution in [0.5, 0.6) is 0 Å². The van der Waals surface area contributed by atoms with Crippen LogP contribution >= 0.6 is 0 Å². The molecule has 1 aromatic rings. The highest BCUT2D eigenvalue weighted by atomic mass is 16.2. The van der Waals surface area contributed by atoms with E-state index in [1.807, 2.05) is 11.0 Å². The number of imidazole rings is 1. The van der Waals surface area contributed by atoms with Crippen molar-refractivity contribution in [2.45, 2.75) is 50.7 Å². The van der Waals surface area contributed by atoms with Crippen LogP contribution in [0.25, 0.3) is 0 Å².